The van der Waals surface area contributed by atoms with E-state index in [1.807, 2.05) is 32.6 Å². The highest BCUT2D eigenvalue weighted by molar-refractivity contribution is 5.68. The largest absolute Gasteiger partial charge is 0.444 e. The van der Waals surface area contributed by atoms with Crippen LogP contribution in [0.1, 0.15) is 70.7 Å². The van der Waals surface area contributed by atoms with Crippen LogP contribution in [0.4, 0.5) is 10.7 Å². The number of piperidine rings is 1. The SMILES string of the molecule is Cc1cc(C2CCN(C(=O)OC(C)(C)C)CC2)nc(N2CCC[C@H]2C)n1. The van der Waals surface area contributed by atoms with Gasteiger partial charge in [0.05, 0.1) is 0 Å². The summed E-state index contributed by atoms with van der Waals surface area (Å²) in [6.45, 7) is 12.5. The zero-order valence-corrected chi connectivity index (χ0v) is 16.8. The lowest BCUT2D eigenvalue weighted by atomic mass is 9.93. The van der Waals surface area contributed by atoms with Gasteiger partial charge in [0.15, 0.2) is 0 Å². The summed E-state index contributed by atoms with van der Waals surface area (Å²) in [5.74, 6) is 1.26. The smallest absolute Gasteiger partial charge is 0.410 e. The van der Waals surface area contributed by atoms with Crippen LogP contribution in [0.5, 0.6) is 0 Å². The number of anilines is 1. The summed E-state index contributed by atoms with van der Waals surface area (Å²) in [6.07, 6.45) is 4.06. The molecule has 2 saturated heterocycles. The van der Waals surface area contributed by atoms with E-state index < -0.39 is 5.60 Å². The lowest BCUT2D eigenvalue weighted by molar-refractivity contribution is 0.0204. The van der Waals surface area contributed by atoms with Crippen molar-refractivity contribution in [2.75, 3.05) is 24.5 Å². The Hall–Kier alpha value is -1.85. The number of hydrogen-bond acceptors (Lipinski definition) is 5. The first kappa shape index (κ1) is 18.9. The molecule has 0 aliphatic carbocycles. The summed E-state index contributed by atoms with van der Waals surface area (Å²) >= 11 is 0. The van der Waals surface area contributed by atoms with Gasteiger partial charge < -0.3 is 14.5 Å². The molecule has 0 spiro atoms. The minimum atomic E-state index is -0.445. The van der Waals surface area contributed by atoms with Gasteiger partial charge in [-0.05, 0) is 66.4 Å². The third-order valence-corrected chi connectivity index (χ3v) is 5.24. The van der Waals surface area contributed by atoms with Gasteiger partial charge in [-0.2, -0.15) is 0 Å². The van der Waals surface area contributed by atoms with E-state index in [2.05, 4.69) is 22.9 Å². The van der Waals surface area contributed by atoms with E-state index in [9.17, 15) is 4.79 Å². The van der Waals surface area contributed by atoms with Gasteiger partial charge in [-0.3, -0.25) is 0 Å². The summed E-state index contributed by atoms with van der Waals surface area (Å²) in [7, 11) is 0. The maximum atomic E-state index is 12.2. The van der Waals surface area contributed by atoms with Crippen molar-refractivity contribution in [3.8, 4) is 0 Å². The molecule has 0 bridgehead atoms. The average molecular weight is 361 g/mol. The Morgan fingerprint density at radius 3 is 2.42 bits per heavy atom. The molecule has 0 aromatic carbocycles. The number of nitrogens with zero attached hydrogens (tertiary/aromatic N) is 4. The van der Waals surface area contributed by atoms with E-state index in [1.165, 1.54) is 12.8 Å². The number of aryl methyl sites for hydroxylation is 1. The number of carbonyl (C=O) groups is 1. The van der Waals surface area contributed by atoms with Crippen LogP contribution in [-0.4, -0.2) is 52.2 Å². The van der Waals surface area contributed by atoms with Gasteiger partial charge in [0.25, 0.3) is 0 Å². The number of aromatic nitrogens is 2. The van der Waals surface area contributed by atoms with E-state index in [-0.39, 0.29) is 6.09 Å². The summed E-state index contributed by atoms with van der Waals surface area (Å²) in [6, 6.07) is 2.62. The molecule has 3 heterocycles. The molecule has 2 fully saturated rings. The van der Waals surface area contributed by atoms with Gasteiger partial charge in [0.2, 0.25) is 5.95 Å². The lowest BCUT2D eigenvalue weighted by Crippen LogP contribution is -2.41. The molecule has 6 heteroatoms. The standard InChI is InChI=1S/C20H32N4O2/c1-14-13-17(22-18(21-14)24-10-6-7-15(24)2)16-8-11-23(12-9-16)19(25)26-20(3,4)5/h13,15-16H,6-12H2,1-5H3/t15-/m1/s1. The van der Waals surface area contributed by atoms with E-state index in [0.29, 0.717) is 12.0 Å². The van der Waals surface area contributed by atoms with Gasteiger partial charge in [0, 0.05) is 43.0 Å². The molecule has 6 nitrogen and oxygen atoms in total. The van der Waals surface area contributed by atoms with E-state index in [1.54, 1.807) is 0 Å². The Morgan fingerprint density at radius 1 is 1.15 bits per heavy atom. The maximum Gasteiger partial charge on any atom is 0.410 e. The van der Waals surface area contributed by atoms with Crippen LogP contribution < -0.4 is 4.90 Å². The molecular formula is C20H32N4O2. The van der Waals surface area contributed by atoms with Crippen molar-refractivity contribution < 1.29 is 9.53 Å². The van der Waals surface area contributed by atoms with Crippen LogP contribution in [0.15, 0.2) is 6.07 Å². The minimum absolute atomic E-state index is 0.207. The molecule has 1 aromatic heterocycles. The quantitative estimate of drug-likeness (QED) is 0.801. The number of amides is 1. The number of likely N-dealkylation sites (tertiary alicyclic amines) is 1. The Bertz CT molecular complexity index is 648. The molecule has 3 rings (SSSR count). The van der Waals surface area contributed by atoms with Gasteiger partial charge in [0.1, 0.15) is 5.60 Å². The summed E-state index contributed by atoms with van der Waals surface area (Å²) in [5, 5.41) is 0. The van der Waals surface area contributed by atoms with Crippen LogP contribution >= 0.6 is 0 Å². The van der Waals surface area contributed by atoms with Crippen molar-refractivity contribution in [2.45, 2.75) is 77.9 Å². The molecule has 0 radical (unpaired) electrons. The second-order valence-electron chi connectivity index (χ2n) is 8.66. The molecule has 1 amide bonds. The predicted molar refractivity (Wildman–Crippen MR) is 103 cm³/mol. The zero-order valence-electron chi connectivity index (χ0n) is 16.8. The molecule has 26 heavy (non-hydrogen) atoms. The predicted octanol–water partition coefficient (Wildman–Crippen LogP) is 3.89. The number of hydrogen-bond donors (Lipinski definition) is 0. The van der Waals surface area contributed by atoms with Crippen molar-refractivity contribution in [3.63, 3.8) is 0 Å². The molecule has 2 aliphatic heterocycles. The lowest BCUT2D eigenvalue weighted by Gasteiger charge is -2.33. The summed E-state index contributed by atoms with van der Waals surface area (Å²) in [5.41, 5.74) is 1.70. The third kappa shape index (κ3) is 4.46. The zero-order chi connectivity index (χ0) is 18.9. The topological polar surface area (TPSA) is 58.6 Å². The molecule has 0 unspecified atom stereocenters. The van der Waals surface area contributed by atoms with E-state index in [0.717, 1.165) is 49.8 Å². The van der Waals surface area contributed by atoms with Gasteiger partial charge >= 0.3 is 6.09 Å². The second-order valence-corrected chi connectivity index (χ2v) is 8.66. The van der Waals surface area contributed by atoms with Crippen LogP contribution in [0.25, 0.3) is 0 Å². The molecule has 0 N–H and O–H groups in total. The fourth-order valence-corrected chi connectivity index (χ4v) is 3.83. The number of ether oxygens (including phenoxy) is 1. The first-order valence-corrected chi connectivity index (χ1v) is 9.83. The Labute approximate surface area is 156 Å². The Morgan fingerprint density at radius 2 is 1.85 bits per heavy atom. The normalized spacial score (nSPS) is 22.0. The van der Waals surface area contributed by atoms with Gasteiger partial charge in [-0.15, -0.1) is 0 Å². The molecule has 0 saturated carbocycles. The highest BCUT2D eigenvalue weighted by Crippen LogP contribution is 2.30. The van der Waals surface area contributed by atoms with Crippen LogP contribution in [0.3, 0.4) is 0 Å². The monoisotopic (exact) mass is 360 g/mol. The molecule has 1 atom stereocenters. The van der Waals surface area contributed by atoms with Crippen molar-refractivity contribution in [1.29, 1.82) is 0 Å². The average Bonchev–Trinajstić information content (AvgIpc) is 2.99. The van der Waals surface area contributed by atoms with Crippen molar-refractivity contribution in [1.82, 2.24) is 14.9 Å². The Kier molecular flexibility index (Phi) is 5.39. The van der Waals surface area contributed by atoms with Crippen LogP contribution in [0, 0.1) is 6.92 Å². The first-order valence-electron chi connectivity index (χ1n) is 9.83. The van der Waals surface area contributed by atoms with Crippen molar-refractivity contribution in [3.05, 3.63) is 17.5 Å². The summed E-state index contributed by atoms with van der Waals surface area (Å²) < 4.78 is 5.49. The molecule has 144 valence electrons. The minimum Gasteiger partial charge on any atom is -0.444 e. The number of rotatable bonds is 2. The maximum absolute atomic E-state index is 12.2. The van der Waals surface area contributed by atoms with Crippen molar-refractivity contribution in [2.24, 2.45) is 0 Å². The van der Waals surface area contributed by atoms with Crippen molar-refractivity contribution >= 4 is 12.0 Å². The highest BCUT2D eigenvalue weighted by atomic mass is 16.6. The molecule has 1 aromatic rings. The Balaban J connectivity index is 1.66. The fourth-order valence-electron chi connectivity index (χ4n) is 3.83. The fraction of sp³-hybridized carbons (Fsp3) is 0.750. The van der Waals surface area contributed by atoms with Gasteiger partial charge in [-0.25, -0.2) is 14.8 Å². The molecular weight excluding hydrogens is 328 g/mol. The van der Waals surface area contributed by atoms with Crippen LogP contribution in [0.2, 0.25) is 0 Å². The first-order chi connectivity index (χ1) is 12.2. The second kappa shape index (κ2) is 7.41. The van der Waals surface area contributed by atoms with Crippen LogP contribution in [-0.2, 0) is 4.74 Å². The van der Waals surface area contributed by atoms with Gasteiger partial charge in [-0.1, -0.05) is 0 Å². The molecule has 2 aliphatic rings. The van der Waals surface area contributed by atoms with E-state index >= 15 is 0 Å². The third-order valence-electron chi connectivity index (χ3n) is 5.24. The summed E-state index contributed by atoms with van der Waals surface area (Å²) in [4.78, 5) is 26.0. The highest BCUT2D eigenvalue weighted by Gasteiger charge is 2.29. The van der Waals surface area contributed by atoms with E-state index in [4.69, 9.17) is 9.72 Å². The number of carbonyl (C=O) groups excluding carboxylic acids is 1.